The summed E-state index contributed by atoms with van der Waals surface area (Å²) in [6.45, 7) is 0. The first kappa shape index (κ1) is 10.5. The van der Waals surface area contributed by atoms with E-state index in [0.717, 1.165) is 18.4 Å². The first-order valence-corrected chi connectivity index (χ1v) is 5.58. The minimum atomic E-state index is -0.906. The third-order valence-corrected chi connectivity index (χ3v) is 3.21. The lowest BCUT2D eigenvalue weighted by Gasteiger charge is -2.10. The maximum absolute atomic E-state index is 10.9. The van der Waals surface area contributed by atoms with Crippen LogP contribution in [0, 0.1) is 0 Å². The van der Waals surface area contributed by atoms with Crippen molar-refractivity contribution in [2.75, 3.05) is 0 Å². The van der Waals surface area contributed by atoms with Crippen LogP contribution >= 0.6 is 11.6 Å². The molecule has 2 nitrogen and oxygen atoms in total. The van der Waals surface area contributed by atoms with E-state index < -0.39 is 5.97 Å². The molecule has 0 radical (unpaired) electrons. The van der Waals surface area contributed by atoms with Crippen molar-refractivity contribution in [2.45, 2.75) is 31.6 Å². The van der Waals surface area contributed by atoms with Crippen LogP contribution in [0.3, 0.4) is 0 Å². The molecule has 0 heterocycles. The quantitative estimate of drug-likeness (QED) is 0.832. The van der Waals surface area contributed by atoms with E-state index >= 15 is 0 Å². The van der Waals surface area contributed by atoms with Gasteiger partial charge in [0.15, 0.2) is 0 Å². The summed E-state index contributed by atoms with van der Waals surface area (Å²) in [5.41, 5.74) is 1.38. The Morgan fingerprint density at radius 3 is 2.53 bits per heavy atom. The van der Waals surface area contributed by atoms with Gasteiger partial charge in [0.25, 0.3) is 0 Å². The van der Waals surface area contributed by atoms with E-state index in [0.29, 0.717) is 16.5 Å². The Labute approximate surface area is 93.9 Å². The van der Waals surface area contributed by atoms with Gasteiger partial charge in [-0.3, -0.25) is 0 Å². The van der Waals surface area contributed by atoms with E-state index in [2.05, 4.69) is 0 Å². The van der Waals surface area contributed by atoms with E-state index in [1.807, 2.05) is 6.07 Å². The van der Waals surface area contributed by atoms with Gasteiger partial charge in [-0.15, -0.1) is 0 Å². The SMILES string of the molecule is O=C(O)c1cc(Cl)cc(C2CCCC2)c1. The van der Waals surface area contributed by atoms with Crippen LogP contribution in [0.2, 0.25) is 5.02 Å². The average Bonchev–Trinajstić information content (AvgIpc) is 2.69. The number of carbonyl (C=O) groups is 1. The minimum absolute atomic E-state index is 0.296. The third kappa shape index (κ3) is 2.32. The van der Waals surface area contributed by atoms with E-state index in [9.17, 15) is 4.79 Å². The smallest absolute Gasteiger partial charge is 0.335 e. The van der Waals surface area contributed by atoms with Crippen molar-refractivity contribution >= 4 is 17.6 Å². The number of aromatic carboxylic acids is 1. The van der Waals surface area contributed by atoms with E-state index in [-0.39, 0.29) is 0 Å². The molecule has 0 saturated heterocycles. The Morgan fingerprint density at radius 1 is 1.27 bits per heavy atom. The molecule has 80 valence electrons. The molecule has 0 bridgehead atoms. The number of hydrogen-bond acceptors (Lipinski definition) is 1. The summed E-state index contributed by atoms with van der Waals surface area (Å²) in [7, 11) is 0. The highest BCUT2D eigenvalue weighted by Gasteiger charge is 2.18. The third-order valence-electron chi connectivity index (χ3n) is 2.99. The molecule has 1 aromatic carbocycles. The summed E-state index contributed by atoms with van der Waals surface area (Å²) in [6.07, 6.45) is 4.78. The van der Waals surface area contributed by atoms with Gasteiger partial charge in [-0.05, 0) is 42.5 Å². The zero-order valence-corrected chi connectivity index (χ0v) is 9.13. The molecule has 1 aromatic rings. The number of carboxylic acid groups (broad SMARTS) is 1. The molecule has 0 aliphatic heterocycles. The van der Waals surface area contributed by atoms with Crippen molar-refractivity contribution < 1.29 is 9.90 Å². The molecule has 2 rings (SSSR count). The summed E-state index contributed by atoms with van der Waals surface area (Å²) < 4.78 is 0. The molecule has 0 spiro atoms. The van der Waals surface area contributed by atoms with Crippen molar-refractivity contribution in [3.8, 4) is 0 Å². The molecule has 15 heavy (non-hydrogen) atoms. The van der Waals surface area contributed by atoms with Gasteiger partial charge in [0.05, 0.1) is 5.56 Å². The Hall–Kier alpha value is -1.02. The van der Waals surface area contributed by atoms with Crippen molar-refractivity contribution in [1.29, 1.82) is 0 Å². The lowest BCUT2D eigenvalue weighted by atomic mass is 9.96. The van der Waals surface area contributed by atoms with Gasteiger partial charge >= 0.3 is 5.97 Å². The number of hydrogen-bond donors (Lipinski definition) is 1. The fourth-order valence-electron chi connectivity index (χ4n) is 2.23. The number of carboxylic acids is 1. The second-order valence-electron chi connectivity index (χ2n) is 4.06. The van der Waals surface area contributed by atoms with Gasteiger partial charge in [0, 0.05) is 5.02 Å². The normalized spacial score (nSPS) is 16.9. The second kappa shape index (κ2) is 4.23. The predicted octanol–water partition coefficient (Wildman–Crippen LogP) is 3.70. The Morgan fingerprint density at radius 2 is 1.93 bits per heavy atom. The van der Waals surface area contributed by atoms with Gasteiger partial charge < -0.3 is 5.11 Å². The average molecular weight is 225 g/mol. The Bertz CT molecular complexity index is 381. The minimum Gasteiger partial charge on any atom is -0.478 e. The fourth-order valence-corrected chi connectivity index (χ4v) is 2.47. The molecule has 1 N–H and O–H groups in total. The fraction of sp³-hybridized carbons (Fsp3) is 0.417. The van der Waals surface area contributed by atoms with Crippen LogP contribution < -0.4 is 0 Å². The number of benzene rings is 1. The standard InChI is InChI=1S/C12H13ClO2/c13-11-6-9(8-3-1-2-4-8)5-10(7-11)12(14)15/h5-8H,1-4H2,(H,14,15). The first-order chi connectivity index (χ1) is 7.16. The van der Waals surface area contributed by atoms with Crippen molar-refractivity contribution in [3.63, 3.8) is 0 Å². The monoisotopic (exact) mass is 224 g/mol. The predicted molar refractivity (Wildman–Crippen MR) is 59.6 cm³/mol. The molecule has 1 saturated carbocycles. The number of halogens is 1. The van der Waals surface area contributed by atoms with Crippen LogP contribution in [0.25, 0.3) is 0 Å². The highest BCUT2D eigenvalue weighted by Crippen LogP contribution is 2.35. The highest BCUT2D eigenvalue weighted by molar-refractivity contribution is 6.31. The zero-order valence-electron chi connectivity index (χ0n) is 8.37. The van der Waals surface area contributed by atoms with Crippen LogP contribution in [0.5, 0.6) is 0 Å². The maximum atomic E-state index is 10.9. The van der Waals surface area contributed by atoms with Gasteiger partial charge in [-0.2, -0.15) is 0 Å². The van der Waals surface area contributed by atoms with Gasteiger partial charge in [0.1, 0.15) is 0 Å². The topological polar surface area (TPSA) is 37.3 Å². The lowest BCUT2D eigenvalue weighted by Crippen LogP contribution is -2.00. The summed E-state index contributed by atoms with van der Waals surface area (Å²) in [4.78, 5) is 10.9. The van der Waals surface area contributed by atoms with Crippen LogP contribution in [0.15, 0.2) is 18.2 Å². The van der Waals surface area contributed by atoms with Crippen molar-refractivity contribution in [2.24, 2.45) is 0 Å². The van der Waals surface area contributed by atoms with Gasteiger partial charge in [-0.25, -0.2) is 4.79 Å². The van der Waals surface area contributed by atoms with Gasteiger partial charge in [0.2, 0.25) is 0 Å². The maximum Gasteiger partial charge on any atom is 0.335 e. The van der Waals surface area contributed by atoms with Crippen LogP contribution in [-0.4, -0.2) is 11.1 Å². The molecular formula is C12H13ClO2. The van der Waals surface area contributed by atoms with Gasteiger partial charge in [-0.1, -0.05) is 24.4 Å². The second-order valence-corrected chi connectivity index (χ2v) is 4.50. The van der Waals surface area contributed by atoms with Crippen molar-refractivity contribution in [3.05, 3.63) is 34.3 Å². The molecule has 0 amide bonds. The lowest BCUT2D eigenvalue weighted by molar-refractivity contribution is 0.0696. The van der Waals surface area contributed by atoms with E-state index in [1.54, 1.807) is 6.07 Å². The van der Waals surface area contributed by atoms with E-state index in [4.69, 9.17) is 16.7 Å². The first-order valence-electron chi connectivity index (χ1n) is 5.20. The number of rotatable bonds is 2. The molecule has 1 aliphatic rings. The molecule has 0 unspecified atom stereocenters. The molecular weight excluding hydrogens is 212 g/mol. The zero-order chi connectivity index (χ0) is 10.8. The molecule has 0 aromatic heterocycles. The Balaban J connectivity index is 2.34. The summed E-state index contributed by atoms with van der Waals surface area (Å²) >= 11 is 5.91. The molecule has 1 fully saturated rings. The van der Waals surface area contributed by atoms with Crippen LogP contribution in [-0.2, 0) is 0 Å². The Kier molecular flexibility index (Phi) is 2.96. The highest BCUT2D eigenvalue weighted by atomic mass is 35.5. The largest absolute Gasteiger partial charge is 0.478 e. The molecule has 3 heteroatoms. The van der Waals surface area contributed by atoms with E-state index in [1.165, 1.54) is 18.9 Å². The summed E-state index contributed by atoms with van der Waals surface area (Å²) in [5.74, 6) is -0.404. The molecule has 1 aliphatic carbocycles. The summed E-state index contributed by atoms with van der Waals surface area (Å²) in [6, 6.07) is 5.15. The van der Waals surface area contributed by atoms with Crippen LogP contribution in [0.4, 0.5) is 0 Å². The van der Waals surface area contributed by atoms with Crippen molar-refractivity contribution in [1.82, 2.24) is 0 Å². The molecule has 0 atom stereocenters. The van der Waals surface area contributed by atoms with Crippen LogP contribution in [0.1, 0.15) is 47.5 Å². The summed E-state index contributed by atoms with van der Waals surface area (Å²) in [5, 5.41) is 9.44.